The molecule has 2 rings (SSSR count). The number of hydrazine groups is 1. The van der Waals surface area contributed by atoms with Crippen molar-refractivity contribution >= 4 is 11.3 Å². The van der Waals surface area contributed by atoms with Crippen LogP contribution in [0.15, 0.2) is 17.5 Å². The summed E-state index contributed by atoms with van der Waals surface area (Å²) in [6.45, 7) is 3.05. The van der Waals surface area contributed by atoms with E-state index in [1.807, 2.05) is 11.3 Å². The summed E-state index contributed by atoms with van der Waals surface area (Å²) in [4.78, 5) is 1.42. The van der Waals surface area contributed by atoms with Crippen LogP contribution in [0.4, 0.5) is 0 Å². The van der Waals surface area contributed by atoms with Gasteiger partial charge in [-0.05, 0) is 50.5 Å². The minimum atomic E-state index is -0.0930. The van der Waals surface area contributed by atoms with Crippen LogP contribution in [0, 0.1) is 0 Å². The molecule has 0 aliphatic carbocycles. The Labute approximate surface area is 107 Å². The first kappa shape index (κ1) is 13.0. The van der Waals surface area contributed by atoms with Gasteiger partial charge in [-0.15, -0.1) is 11.3 Å². The van der Waals surface area contributed by atoms with Crippen molar-refractivity contribution in [2.24, 2.45) is 5.84 Å². The summed E-state index contributed by atoms with van der Waals surface area (Å²) in [5.41, 5.74) is 2.86. The van der Waals surface area contributed by atoms with Crippen molar-refractivity contribution < 1.29 is 4.74 Å². The van der Waals surface area contributed by atoms with E-state index in [0.717, 1.165) is 25.9 Å². The fourth-order valence-electron chi connectivity index (χ4n) is 2.54. The van der Waals surface area contributed by atoms with Crippen LogP contribution in [-0.4, -0.2) is 18.2 Å². The van der Waals surface area contributed by atoms with Gasteiger partial charge in [-0.1, -0.05) is 6.07 Å². The highest BCUT2D eigenvalue weighted by Gasteiger charge is 2.35. The van der Waals surface area contributed by atoms with Crippen molar-refractivity contribution in [3.8, 4) is 0 Å². The Hall–Kier alpha value is -0.420. The zero-order valence-corrected chi connectivity index (χ0v) is 11.3. The molecule has 0 bridgehead atoms. The van der Waals surface area contributed by atoms with Gasteiger partial charge in [0, 0.05) is 11.5 Å². The van der Waals surface area contributed by atoms with E-state index in [1.54, 1.807) is 0 Å². The van der Waals surface area contributed by atoms with E-state index in [-0.39, 0.29) is 11.6 Å². The number of hydrogen-bond donors (Lipinski definition) is 2. The summed E-state index contributed by atoms with van der Waals surface area (Å²) < 4.78 is 5.95. The lowest BCUT2D eigenvalue weighted by Gasteiger charge is -2.40. The van der Waals surface area contributed by atoms with E-state index in [2.05, 4.69) is 29.9 Å². The third kappa shape index (κ3) is 3.28. The minimum absolute atomic E-state index is 0.0930. The quantitative estimate of drug-likeness (QED) is 0.627. The highest BCUT2D eigenvalue weighted by Crippen LogP contribution is 2.30. The number of hydrogen-bond acceptors (Lipinski definition) is 4. The number of nitrogens with two attached hydrogens (primary N) is 1. The summed E-state index contributed by atoms with van der Waals surface area (Å²) >= 11 is 1.81. The van der Waals surface area contributed by atoms with Crippen LogP contribution < -0.4 is 11.3 Å². The SMILES string of the molecule is CC1(C(CCc2cccs2)NN)CCCCO1. The number of aryl methyl sites for hydroxylation is 1. The molecule has 2 unspecified atom stereocenters. The van der Waals surface area contributed by atoms with Crippen molar-refractivity contribution in [2.75, 3.05) is 6.61 Å². The molecule has 1 fully saturated rings. The maximum absolute atomic E-state index is 5.95. The average Bonchev–Trinajstić information content (AvgIpc) is 2.83. The Balaban J connectivity index is 1.91. The Morgan fingerprint density at radius 3 is 3.06 bits per heavy atom. The molecule has 2 atom stereocenters. The number of rotatable bonds is 5. The van der Waals surface area contributed by atoms with E-state index in [0.29, 0.717) is 0 Å². The third-order valence-corrected chi connectivity index (χ3v) is 4.63. The second-order valence-corrected chi connectivity index (χ2v) is 5.99. The summed E-state index contributed by atoms with van der Waals surface area (Å²) in [6, 6.07) is 4.52. The summed E-state index contributed by atoms with van der Waals surface area (Å²) in [5, 5.41) is 2.12. The molecule has 1 aromatic heterocycles. The average molecular weight is 254 g/mol. The first-order valence-corrected chi connectivity index (χ1v) is 7.25. The standard InChI is InChI=1S/C13H22N2OS/c1-13(8-2-3-9-16-13)12(15-14)7-6-11-5-4-10-17-11/h4-5,10,12,15H,2-3,6-9,14H2,1H3. The van der Waals surface area contributed by atoms with Crippen LogP contribution in [0.25, 0.3) is 0 Å². The second-order valence-electron chi connectivity index (χ2n) is 4.96. The van der Waals surface area contributed by atoms with Crippen molar-refractivity contribution in [1.29, 1.82) is 0 Å². The zero-order chi connectivity index (χ0) is 12.1. The van der Waals surface area contributed by atoms with E-state index in [4.69, 9.17) is 10.6 Å². The van der Waals surface area contributed by atoms with Gasteiger partial charge in [0.05, 0.1) is 11.6 Å². The van der Waals surface area contributed by atoms with Gasteiger partial charge >= 0.3 is 0 Å². The fraction of sp³-hybridized carbons (Fsp3) is 0.692. The highest BCUT2D eigenvalue weighted by atomic mass is 32.1. The summed E-state index contributed by atoms with van der Waals surface area (Å²) in [5.74, 6) is 5.70. The molecule has 3 nitrogen and oxygen atoms in total. The molecule has 0 amide bonds. The molecule has 1 aliphatic heterocycles. The van der Waals surface area contributed by atoms with E-state index in [9.17, 15) is 0 Å². The molecule has 2 heterocycles. The largest absolute Gasteiger partial charge is 0.374 e. The van der Waals surface area contributed by atoms with Crippen molar-refractivity contribution in [3.05, 3.63) is 22.4 Å². The van der Waals surface area contributed by atoms with Crippen LogP contribution in [0.1, 0.15) is 37.5 Å². The van der Waals surface area contributed by atoms with Crippen LogP contribution in [0.3, 0.4) is 0 Å². The lowest BCUT2D eigenvalue weighted by Crippen LogP contribution is -2.54. The lowest BCUT2D eigenvalue weighted by molar-refractivity contribution is -0.0900. The minimum Gasteiger partial charge on any atom is -0.374 e. The number of nitrogens with one attached hydrogen (secondary N) is 1. The highest BCUT2D eigenvalue weighted by molar-refractivity contribution is 7.09. The Morgan fingerprint density at radius 2 is 2.47 bits per heavy atom. The molecule has 0 radical (unpaired) electrons. The predicted molar refractivity (Wildman–Crippen MR) is 72.0 cm³/mol. The molecule has 0 spiro atoms. The van der Waals surface area contributed by atoms with Gasteiger partial charge in [0.15, 0.2) is 0 Å². The van der Waals surface area contributed by atoms with Crippen molar-refractivity contribution in [1.82, 2.24) is 5.43 Å². The van der Waals surface area contributed by atoms with E-state index < -0.39 is 0 Å². The second kappa shape index (κ2) is 5.96. The van der Waals surface area contributed by atoms with Crippen LogP contribution in [0.2, 0.25) is 0 Å². The molecule has 1 aromatic rings. The molecule has 1 aliphatic rings. The Bertz CT molecular complexity index is 320. The van der Waals surface area contributed by atoms with Gasteiger partial charge in [0.25, 0.3) is 0 Å². The van der Waals surface area contributed by atoms with Gasteiger partial charge in [-0.2, -0.15) is 0 Å². The molecule has 0 aromatic carbocycles. The topological polar surface area (TPSA) is 47.3 Å². The van der Waals surface area contributed by atoms with Crippen LogP contribution in [-0.2, 0) is 11.2 Å². The first-order chi connectivity index (χ1) is 8.24. The third-order valence-electron chi connectivity index (χ3n) is 3.70. The first-order valence-electron chi connectivity index (χ1n) is 6.37. The van der Waals surface area contributed by atoms with Crippen LogP contribution >= 0.6 is 11.3 Å². The number of ether oxygens (including phenoxy) is 1. The molecular formula is C13H22N2OS. The number of thiophene rings is 1. The van der Waals surface area contributed by atoms with Crippen molar-refractivity contribution in [3.63, 3.8) is 0 Å². The molecule has 96 valence electrons. The van der Waals surface area contributed by atoms with Gasteiger partial charge in [-0.3, -0.25) is 11.3 Å². The Morgan fingerprint density at radius 1 is 1.59 bits per heavy atom. The predicted octanol–water partition coefficient (Wildman–Crippen LogP) is 2.47. The summed E-state index contributed by atoms with van der Waals surface area (Å²) in [6.07, 6.45) is 5.64. The molecular weight excluding hydrogens is 232 g/mol. The zero-order valence-electron chi connectivity index (χ0n) is 10.4. The fourth-order valence-corrected chi connectivity index (χ4v) is 3.26. The molecule has 4 heteroatoms. The van der Waals surface area contributed by atoms with E-state index >= 15 is 0 Å². The van der Waals surface area contributed by atoms with Gasteiger partial charge in [0.1, 0.15) is 0 Å². The van der Waals surface area contributed by atoms with Gasteiger partial charge in [0.2, 0.25) is 0 Å². The van der Waals surface area contributed by atoms with Gasteiger partial charge in [-0.25, -0.2) is 0 Å². The lowest BCUT2D eigenvalue weighted by atomic mass is 9.86. The summed E-state index contributed by atoms with van der Waals surface area (Å²) in [7, 11) is 0. The maximum atomic E-state index is 5.95. The maximum Gasteiger partial charge on any atom is 0.0820 e. The van der Waals surface area contributed by atoms with E-state index in [1.165, 1.54) is 17.7 Å². The molecule has 0 saturated carbocycles. The molecule has 3 N–H and O–H groups in total. The van der Waals surface area contributed by atoms with Crippen LogP contribution in [0.5, 0.6) is 0 Å². The normalized spacial score (nSPS) is 26.9. The Kier molecular flexibility index (Phi) is 4.56. The van der Waals surface area contributed by atoms with Gasteiger partial charge < -0.3 is 4.74 Å². The smallest absolute Gasteiger partial charge is 0.0820 e. The van der Waals surface area contributed by atoms with Crippen molar-refractivity contribution in [2.45, 2.75) is 50.7 Å². The monoisotopic (exact) mass is 254 g/mol. The molecule has 17 heavy (non-hydrogen) atoms. The molecule has 1 saturated heterocycles.